The molecule has 4 nitrogen and oxygen atoms in total. The van der Waals surface area contributed by atoms with Crippen LogP contribution in [0.2, 0.25) is 0 Å². The van der Waals surface area contributed by atoms with Gasteiger partial charge in [-0.2, -0.15) is 0 Å². The summed E-state index contributed by atoms with van der Waals surface area (Å²) in [4.78, 5) is 10.9. The van der Waals surface area contributed by atoms with Crippen LogP contribution in [0.5, 0.6) is 0 Å². The second-order valence-corrected chi connectivity index (χ2v) is 3.69. The summed E-state index contributed by atoms with van der Waals surface area (Å²) in [5, 5.41) is 17.5. The number of aliphatic hydroxyl groups is 1. The number of carbonyl (C=O) groups is 1. The zero-order chi connectivity index (χ0) is 11.3. The molecule has 1 unspecified atom stereocenters. The zero-order valence-electron chi connectivity index (χ0n) is 7.89. The van der Waals surface area contributed by atoms with Crippen LogP contribution in [0, 0.1) is 0 Å². The van der Waals surface area contributed by atoms with Crippen LogP contribution in [0.4, 0.5) is 0 Å². The second-order valence-electron chi connectivity index (χ2n) is 2.83. The van der Waals surface area contributed by atoms with E-state index in [0.717, 1.165) is 0 Å². The average Bonchev–Trinajstić information content (AvgIpc) is 2.20. The van der Waals surface area contributed by atoms with Gasteiger partial charge in [-0.05, 0) is 6.07 Å². The van der Waals surface area contributed by atoms with E-state index in [0.29, 0.717) is 10.0 Å². The number of rotatable bonds is 5. The van der Waals surface area contributed by atoms with Crippen molar-refractivity contribution >= 4 is 21.9 Å². The normalized spacial score (nSPS) is 12.4. The van der Waals surface area contributed by atoms with Crippen molar-refractivity contribution in [2.24, 2.45) is 0 Å². The van der Waals surface area contributed by atoms with Gasteiger partial charge in [-0.15, -0.1) is 0 Å². The SMILES string of the molecule is O=C(O)C(OCCO)c1ccccc1Br. The number of carboxylic acids is 1. The van der Waals surface area contributed by atoms with Crippen molar-refractivity contribution in [2.45, 2.75) is 6.10 Å². The summed E-state index contributed by atoms with van der Waals surface area (Å²) in [6.45, 7) is -0.202. The number of halogens is 1. The molecule has 1 rings (SSSR count). The van der Waals surface area contributed by atoms with Gasteiger partial charge in [0.25, 0.3) is 0 Å². The first-order chi connectivity index (χ1) is 7.16. The molecule has 0 aliphatic carbocycles. The highest BCUT2D eigenvalue weighted by atomic mass is 79.9. The molecule has 0 aliphatic rings. The summed E-state index contributed by atoms with van der Waals surface area (Å²) >= 11 is 3.25. The summed E-state index contributed by atoms with van der Waals surface area (Å²) in [6, 6.07) is 6.94. The molecule has 2 N–H and O–H groups in total. The van der Waals surface area contributed by atoms with E-state index in [9.17, 15) is 4.79 Å². The highest BCUT2D eigenvalue weighted by Gasteiger charge is 2.22. The monoisotopic (exact) mass is 274 g/mol. The third kappa shape index (κ3) is 3.30. The quantitative estimate of drug-likeness (QED) is 0.856. The van der Waals surface area contributed by atoms with Gasteiger partial charge in [-0.1, -0.05) is 34.1 Å². The van der Waals surface area contributed by atoms with E-state index < -0.39 is 12.1 Å². The summed E-state index contributed by atoms with van der Waals surface area (Å²) in [5.74, 6) is -1.07. The molecule has 1 aromatic rings. The summed E-state index contributed by atoms with van der Waals surface area (Å²) in [7, 11) is 0. The lowest BCUT2D eigenvalue weighted by Gasteiger charge is -2.14. The highest BCUT2D eigenvalue weighted by Crippen LogP contribution is 2.25. The fraction of sp³-hybridized carbons (Fsp3) is 0.300. The van der Waals surface area contributed by atoms with Gasteiger partial charge in [0.15, 0.2) is 6.10 Å². The van der Waals surface area contributed by atoms with Crippen LogP contribution in [-0.2, 0) is 9.53 Å². The van der Waals surface area contributed by atoms with E-state index in [2.05, 4.69) is 15.9 Å². The van der Waals surface area contributed by atoms with Gasteiger partial charge in [0, 0.05) is 10.0 Å². The van der Waals surface area contributed by atoms with Crippen LogP contribution in [0.25, 0.3) is 0 Å². The van der Waals surface area contributed by atoms with E-state index in [1.165, 1.54) is 0 Å². The van der Waals surface area contributed by atoms with Crippen molar-refractivity contribution in [3.05, 3.63) is 34.3 Å². The molecule has 0 aromatic heterocycles. The molecule has 82 valence electrons. The standard InChI is InChI=1S/C10H11BrO4/c11-8-4-2-1-3-7(8)9(10(13)14)15-6-5-12/h1-4,9,12H,5-6H2,(H,13,14). The molecule has 0 amide bonds. The third-order valence-electron chi connectivity index (χ3n) is 1.79. The van der Waals surface area contributed by atoms with Crippen molar-refractivity contribution in [1.29, 1.82) is 0 Å². The van der Waals surface area contributed by atoms with E-state index in [1.807, 2.05) is 0 Å². The van der Waals surface area contributed by atoms with Gasteiger partial charge < -0.3 is 14.9 Å². The fourth-order valence-electron chi connectivity index (χ4n) is 1.15. The maximum atomic E-state index is 10.9. The lowest BCUT2D eigenvalue weighted by Crippen LogP contribution is -2.17. The predicted octanol–water partition coefficient (Wildman–Crippen LogP) is 1.58. The fourth-order valence-corrected chi connectivity index (χ4v) is 1.65. The number of aliphatic carboxylic acids is 1. The molecule has 1 aromatic carbocycles. The maximum absolute atomic E-state index is 10.9. The van der Waals surface area contributed by atoms with E-state index in [-0.39, 0.29) is 13.2 Å². The molecule has 0 heterocycles. The Labute approximate surface area is 95.6 Å². The van der Waals surface area contributed by atoms with Gasteiger partial charge in [0.2, 0.25) is 0 Å². The first-order valence-electron chi connectivity index (χ1n) is 4.36. The van der Waals surface area contributed by atoms with Crippen molar-refractivity contribution in [2.75, 3.05) is 13.2 Å². The van der Waals surface area contributed by atoms with Gasteiger partial charge in [0.05, 0.1) is 13.2 Å². The topological polar surface area (TPSA) is 66.8 Å². The Morgan fingerprint density at radius 3 is 2.67 bits per heavy atom. The minimum atomic E-state index is -1.07. The third-order valence-corrected chi connectivity index (χ3v) is 2.51. The highest BCUT2D eigenvalue weighted by molar-refractivity contribution is 9.10. The predicted molar refractivity (Wildman–Crippen MR) is 57.6 cm³/mol. The molecule has 0 spiro atoms. The number of ether oxygens (including phenoxy) is 1. The molecule has 5 heteroatoms. The van der Waals surface area contributed by atoms with Crippen molar-refractivity contribution in [3.8, 4) is 0 Å². The van der Waals surface area contributed by atoms with Gasteiger partial charge in [0.1, 0.15) is 0 Å². The number of aliphatic hydroxyl groups excluding tert-OH is 1. The number of benzene rings is 1. The number of hydrogen-bond acceptors (Lipinski definition) is 3. The Kier molecular flexibility index (Phi) is 4.74. The molecule has 1 atom stereocenters. The Hall–Kier alpha value is -0.910. The maximum Gasteiger partial charge on any atom is 0.337 e. The summed E-state index contributed by atoms with van der Waals surface area (Å²) < 4.78 is 5.72. The van der Waals surface area contributed by atoms with Crippen LogP contribution in [0.1, 0.15) is 11.7 Å². The van der Waals surface area contributed by atoms with Gasteiger partial charge >= 0.3 is 5.97 Å². The Morgan fingerprint density at radius 2 is 2.13 bits per heavy atom. The van der Waals surface area contributed by atoms with Crippen LogP contribution >= 0.6 is 15.9 Å². The molecule has 0 bridgehead atoms. The minimum absolute atomic E-state index is 0.00169. The molecule has 15 heavy (non-hydrogen) atoms. The van der Waals surface area contributed by atoms with E-state index in [1.54, 1.807) is 24.3 Å². The molecule has 0 fully saturated rings. The van der Waals surface area contributed by atoms with Crippen LogP contribution in [0.15, 0.2) is 28.7 Å². The molecule has 0 saturated heterocycles. The second kappa shape index (κ2) is 5.85. The molecular weight excluding hydrogens is 264 g/mol. The molecule has 0 aliphatic heterocycles. The first-order valence-corrected chi connectivity index (χ1v) is 5.16. The Balaban J connectivity index is 2.89. The average molecular weight is 275 g/mol. The van der Waals surface area contributed by atoms with Gasteiger partial charge in [-0.25, -0.2) is 4.79 Å². The molecule has 0 saturated carbocycles. The lowest BCUT2D eigenvalue weighted by atomic mass is 10.1. The van der Waals surface area contributed by atoms with Crippen molar-refractivity contribution in [1.82, 2.24) is 0 Å². The van der Waals surface area contributed by atoms with Crippen LogP contribution in [-0.4, -0.2) is 29.4 Å². The Morgan fingerprint density at radius 1 is 1.47 bits per heavy atom. The van der Waals surface area contributed by atoms with Crippen molar-refractivity contribution < 1.29 is 19.7 Å². The summed E-state index contributed by atoms with van der Waals surface area (Å²) in [6.07, 6.45) is -1.05. The first kappa shape index (κ1) is 12.2. The number of carboxylic acid groups (broad SMARTS) is 1. The molecular formula is C10H11BrO4. The van der Waals surface area contributed by atoms with Gasteiger partial charge in [-0.3, -0.25) is 0 Å². The molecule has 0 radical (unpaired) electrons. The largest absolute Gasteiger partial charge is 0.479 e. The summed E-state index contributed by atoms with van der Waals surface area (Å²) in [5.41, 5.74) is 0.540. The van der Waals surface area contributed by atoms with Crippen LogP contribution < -0.4 is 0 Å². The van der Waals surface area contributed by atoms with E-state index >= 15 is 0 Å². The smallest absolute Gasteiger partial charge is 0.337 e. The Bertz CT molecular complexity index is 340. The zero-order valence-corrected chi connectivity index (χ0v) is 9.48. The van der Waals surface area contributed by atoms with Crippen molar-refractivity contribution in [3.63, 3.8) is 0 Å². The van der Waals surface area contributed by atoms with Crippen LogP contribution in [0.3, 0.4) is 0 Å². The lowest BCUT2D eigenvalue weighted by molar-refractivity contribution is -0.151. The number of hydrogen-bond donors (Lipinski definition) is 2. The minimum Gasteiger partial charge on any atom is -0.479 e. The van der Waals surface area contributed by atoms with E-state index in [4.69, 9.17) is 14.9 Å².